The first-order valence-corrected chi connectivity index (χ1v) is 6.52. The number of halogens is 3. The van der Waals surface area contributed by atoms with Crippen LogP contribution in [0.25, 0.3) is 0 Å². The highest BCUT2D eigenvalue weighted by Crippen LogP contribution is 2.19. The monoisotopic (exact) mass is 273 g/mol. The van der Waals surface area contributed by atoms with Crippen LogP contribution in [0.1, 0.15) is 24.8 Å². The SMILES string of the molecule is Cc1cc(OCCC2CCCO2)ccc1[B-](F)(F)F. The van der Waals surface area contributed by atoms with Gasteiger partial charge in [-0.05, 0) is 31.9 Å². The van der Waals surface area contributed by atoms with Crippen LogP contribution in [-0.2, 0) is 4.74 Å². The van der Waals surface area contributed by atoms with Crippen molar-refractivity contribution in [1.82, 2.24) is 0 Å². The minimum Gasteiger partial charge on any atom is -0.493 e. The van der Waals surface area contributed by atoms with E-state index in [4.69, 9.17) is 9.47 Å². The maximum Gasteiger partial charge on any atom is 0.509 e. The van der Waals surface area contributed by atoms with Crippen molar-refractivity contribution in [3.63, 3.8) is 0 Å². The molecule has 2 rings (SSSR count). The highest BCUT2D eigenvalue weighted by atomic mass is 19.4. The van der Waals surface area contributed by atoms with E-state index in [-0.39, 0.29) is 11.7 Å². The Kier molecular flexibility index (Phi) is 4.40. The molecule has 0 aliphatic carbocycles. The summed E-state index contributed by atoms with van der Waals surface area (Å²) < 4.78 is 48.9. The third-order valence-electron chi connectivity index (χ3n) is 3.33. The van der Waals surface area contributed by atoms with Gasteiger partial charge in [-0.3, -0.25) is 0 Å². The van der Waals surface area contributed by atoms with E-state index in [2.05, 4.69) is 0 Å². The Bertz CT molecular complexity index is 428. The lowest BCUT2D eigenvalue weighted by atomic mass is 9.77. The lowest BCUT2D eigenvalue weighted by Crippen LogP contribution is -2.35. The predicted octanol–water partition coefficient (Wildman–Crippen LogP) is 3.00. The fourth-order valence-corrected chi connectivity index (χ4v) is 2.29. The summed E-state index contributed by atoms with van der Waals surface area (Å²) >= 11 is 0. The molecule has 19 heavy (non-hydrogen) atoms. The first-order valence-electron chi connectivity index (χ1n) is 6.52. The zero-order valence-electron chi connectivity index (χ0n) is 10.9. The first-order chi connectivity index (χ1) is 8.97. The normalized spacial score (nSPS) is 19.7. The largest absolute Gasteiger partial charge is 0.509 e. The van der Waals surface area contributed by atoms with E-state index in [1.54, 1.807) is 0 Å². The number of hydrogen-bond acceptors (Lipinski definition) is 2. The smallest absolute Gasteiger partial charge is 0.493 e. The van der Waals surface area contributed by atoms with E-state index in [9.17, 15) is 12.9 Å². The van der Waals surface area contributed by atoms with Gasteiger partial charge in [0.15, 0.2) is 0 Å². The molecule has 0 radical (unpaired) electrons. The van der Waals surface area contributed by atoms with Crippen molar-refractivity contribution in [3.8, 4) is 5.75 Å². The van der Waals surface area contributed by atoms with E-state index in [1.165, 1.54) is 19.1 Å². The fourth-order valence-electron chi connectivity index (χ4n) is 2.29. The molecule has 1 aromatic rings. The third-order valence-corrected chi connectivity index (χ3v) is 3.33. The first kappa shape index (κ1) is 14.2. The summed E-state index contributed by atoms with van der Waals surface area (Å²) in [6.45, 7) is -2.22. The van der Waals surface area contributed by atoms with Gasteiger partial charge in [-0.1, -0.05) is 11.6 Å². The van der Waals surface area contributed by atoms with Crippen LogP contribution in [0.3, 0.4) is 0 Å². The minimum atomic E-state index is -4.95. The molecule has 1 heterocycles. The van der Waals surface area contributed by atoms with Crippen LogP contribution < -0.4 is 10.2 Å². The second-order valence-electron chi connectivity index (χ2n) is 4.87. The molecule has 0 aromatic heterocycles. The van der Waals surface area contributed by atoms with Crippen LogP contribution in [0.2, 0.25) is 0 Å². The molecule has 0 spiro atoms. The van der Waals surface area contributed by atoms with Gasteiger partial charge in [0.05, 0.1) is 12.7 Å². The van der Waals surface area contributed by atoms with E-state index < -0.39 is 12.4 Å². The summed E-state index contributed by atoms with van der Waals surface area (Å²) in [5, 5.41) is 0. The highest BCUT2D eigenvalue weighted by Gasteiger charge is 2.27. The number of ether oxygens (including phenoxy) is 2. The standard InChI is InChI=1S/C13H17BF3O2/c1-10-9-12(4-5-13(10)14(15,16)17)19-8-6-11-3-2-7-18-11/h4-5,9,11H,2-3,6-8H2,1H3/q-1. The van der Waals surface area contributed by atoms with E-state index in [1.807, 2.05) is 0 Å². The molecule has 1 aromatic carbocycles. The maximum absolute atomic E-state index is 12.6. The average molecular weight is 273 g/mol. The Morgan fingerprint density at radius 1 is 1.37 bits per heavy atom. The van der Waals surface area contributed by atoms with Gasteiger partial charge in [0.1, 0.15) is 5.75 Å². The van der Waals surface area contributed by atoms with Crippen LogP contribution in [0, 0.1) is 6.92 Å². The van der Waals surface area contributed by atoms with Crippen molar-refractivity contribution in [3.05, 3.63) is 23.8 Å². The van der Waals surface area contributed by atoms with Crippen LogP contribution in [0.15, 0.2) is 18.2 Å². The molecule has 0 amide bonds. The second-order valence-corrected chi connectivity index (χ2v) is 4.87. The van der Waals surface area contributed by atoms with Crippen molar-refractivity contribution in [2.75, 3.05) is 13.2 Å². The molecule has 1 atom stereocenters. The summed E-state index contributed by atoms with van der Waals surface area (Å²) in [6, 6.07) is 3.92. The Morgan fingerprint density at radius 2 is 2.16 bits per heavy atom. The van der Waals surface area contributed by atoms with Gasteiger partial charge in [-0.15, -0.1) is 5.46 Å². The minimum absolute atomic E-state index is 0.210. The lowest BCUT2D eigenvalue weighted by molar-refractivity contribution is 0.0903. The summed E-state index contributed by atoms with van der Waals surface area (Å²) in [7, 11) is 0. The van der Waals surface area contributed by atoms with Crippen molar-refractivity contribution in [1.29, 1.82) is 0 Å². The Labute approximate surface area is 111 Å². The Morgan fingerprint density at radius 3 is 2.74 bits per heavy atom. The quantitative estimate of drug-likeness (QED) is 0.768. The lowest BCUT2D eigenvalue weighted by Gasteiger charge is -2.19. The second kappa shape index (κ2) is 5.86. The fraction of sp³-hybridized carbons (Fsp3) is 0.538. The van der Waals surface area contributed by atoms with E-state index in [0.717, 1.165) is 31.9 Å². The zero-order valence-corrected chi connectivity index (χ0v) is 10.9. The van der Waals surface area contributed by atoms with E-state index in [0.29, 0.717) is 12.4 Å². The van der Waals surface area contributed by atoms with Crippen LogP contribution in [-0.4, -0.2) is 26.3 Å². The van der Waals surface area contributed by atoms with Gasteiger partial charge in [0.2, 0.25) is 0 Å². The number of hydrogen-bond donors (Lipinski definition) is 0. The Hall–Kier alpha value is -1.17. The zero-order chi connectivity index (χ0) is 13.9. The molecular weight excluding hydrogens is 256 g/mol. The van der Waals surface area contributed by atoms with Gasteiger partial charge in [-0.25, -0.2) is 0 Å². The van der Waals surface area contributed by atoms with Crippen molar-refractivity contribution >= 4 is 12.4 Å². The molecule has 106 valence electrons. The van der Waals surface area contributed by atoms with Gasteiger partial charge in [0.25, 0.3) is 0 Å². The predicted molar refractivity (Wildman–Crippen MR) is 69.0 cm³/mol. The number of aryl methyl sites for hydroxylation is 1. The topological polar surface area (TPSA) is 18.5 Å². The highest BCUT2D eigenvalue weighted by molar-refractivity contribution is 6.74. The third kappa shape index (κ3) is 3.90. The molecule has 0 bridgehead atoms. The van der Waals surface area contributed by atoms with Gasteiger partial charge < -0.3 is 22.4 Å². The van der Waals surface area contributed by atoms with Crippen LogP contribution >= 0.6 is 0 Å². The number of rotatable bonds is 5. The van der Waals surface area contributed by atoms with Crippen LogP contribution in [0.4, 0.5) is 12.9 Å². The van der Waals surface area contributed by atoms with Crippen molar-refractivity contribution in [2.45, 2.75) is 32.3 Å². The molecule has 1 unspecified atom stereocenters. The summed E-state index contributed by atoms with van der Waals surface area (Å²) in [5.74, 6) is 0.485. The number of benzene rings is 1. The molecule has 6 heteroatoms. The summed E-state index contributed by atoms with van der Waals surface area (Å²) in [5.41, 5.74) is -0.339. The van der Waals surface area contributed by atoms with Crippen molar-refractivity contribution < 1.29 is 22.4 Å². The van der Waals surface area contributed by atoms with Gasteiger partial charge >= 0.3 is 6.98 Å². The van der Waals surface area contributed by atoms with Gasteiger partial charge in [-0.2, -0.15) is 0 Å². The Balaban J connectivity index is 1.89. The summed E-state index contributed by atoms with van der Waals surface area (Å²) in [4.78, 5) is 0. The van der Waals surface area contributed by atoms with Crippen LogP contribution in [0.5, 0.6) is 5.75 Å². The average Bonchev–Trinajstić information content (AvgIpc) is 2.80. The van der Waals surface area contributed by atoms with E-state index >= 15 is 0 Å². The van der Waals surface area contributed by atoms with Gasteiger partial charge in [0, 0.05) is 13.0 Å². The molecule has 1 aliphatic heterocycles. The molecule has 0 N–H and O–H groups in total. The molecule has 1 saturated heterocycles. The molecule has 1 aliphatic rings. The molecule has 1 fully saturated rings. The maximum atomic E-state index is 12.6. The molecular formula is C13H17BF3O2-. The summed E-state index contributed by atoms with van der Waals surface area (Å²) in [6.07, 6.45) is 3.13. The molecule has 2 nitrogen and oxygen atoms in total. The molecule has 0 saturated carbocycles. The van der Waals surface area contributed by atoms with Crippen molar-refractivity contribution in [2.24, 2.45) is 0 Å².